The lowest BCUT2D eigenvalue weighted by Gasteiger charge is -2.04. The SMILES string of the molecule is C=Cc1cc(F)cc(OCCO)c1. The molecule has 1 N–H and O–H groups in total. The largest absolute Gasteiger partial charge is 0.491 e. The lowest BCUT2D eigenvalue weighted by Crippen LogP contribution is -2.01. The quantitative estimate of drug-likeness (QED) is 0.769. The van der Waals surface area contributed by atoms with E-state index in [-0.39, 0.29) is 19.0 Å². The van der Waals surface area contributed by atoms with Gasteiger partial charge in [0, 0.05) is 6.07 Å². The molecule has 0 heterocycles. The van der Waals surface area contributed by atoms with Crippen molar-refractivity contribution in [2.75, 3.05) is 13.2 Å². The van der Waals surface area contributed by atoms with Gasteiger partial charge in [0.1, 0.15) is 18.2 Å². The van der Waals surface area contributed by atoms with E-state index in [9.17, 15) is 4.39 Å². The fraction of sp³-hybridized carbons (Fsp3) is 0.200. The third kappa shape index (κ3) is 2.87. The maximum atomic E-state index is 12.9. The second kappa shape index (κ2) is 4.62. The summed E-state index contributed by atoms with van der Waals surface area (Å²) in [4.78, 5) is 0. The maximum Gasteiger partial charge on any atom is 0.127 e. The van der Waals surface area contributed by atoms with Gasteiger partial charge in [-0.2, -0.15) is 0 Å². The Kier molecular flexibility index (Phi) is 3.46. The van der Waals surface area contributed by atoms with Gasteiger partial charge in [0.25, 0.3) is 0 Å². The van der Waals surface area contributed by atoms with Gasteiger partial charge in [0.2, 0.25) is 0 Å². The van der Waals surface area contributed by atoms with Gasteiger partial charge < -0.3 is 9.84 Å². The zero-order chi connectivity index (χ0) is 9.68. The molecule has 0 aliphatic heterocycles. The van der Waals surface area contributed by atoms with Crippen molar-refractivity contribution < 1.29 is 14.2 Å². The smallest absolute Gasteiger partial charge is 0.127 e. The molecule has 2 nitrogen and oxygen atoms in total. The molecular weight excluding hydrogens is 171 g/mol. The van der Waals surface area contributed by atoms with E-state index in [4.69, 9.17) is 9.84 Å². The molecule has 0 bridgehead atoms. The van der Waals surface area contributed by atoms with Crippen molar-refractivity contribution >= 4 is 6.08 Å². The molecule has 0 radical (unpaired) electrons. The molecule has 0 saturated carbocycles. The Hall–Kier alpha value is -1.35. The second-order valence-corrected chi connectivity index (χ2v) is 2.50. The lowest BCUT2D eigenvalue weighted by atomic mass is 10.2. The third-order valence-electron chi connectivity index (χ3n) is 1.49. The Morgan fingerprint density at radius 3 is 2.85 bits per heavy atom. The molecule has 3 heteroatoms. The van der Waals surface area contributed by atoms with E-state index in [2.05, 4.69) is 6.58 Å². The molecular formula is C10H11FO2. The number of ether oxygens (including phenoxy) is 1. The van der Waals surface area contributed by atoms with Crippen LogP contribution in [-0.2, 0) is 0 Å². The van der Waals surface area contributed by atoms with Crippen LogP contribution in [0.1, 0.15) is 5.56 Å². The molecule has 70 valence electrons. The molecule has 0 amide bonds. The number of hydrogen-bond donors (Lipinski definition) is 1. The first-order valence-corrected chi connectivity index (χ1v) is 3.93. The van der Waals surface area contributed by atoms with Crippen molar-refractivity contribution in [3.05, 3.63) is 36.2 Å². The van der Waals surface area contributed by atoms with Crippen molar-refractivity contribution in [1.82, 2.24) is 0 Å². The van der Waals surface area contributed by atoms with Gasteiger partial charge in [0.05, 0.1) is 6.61 Å². The van der Waals surface area contributed by atoms with Gasteiger partial charge in [-0.25, -0.2) is 4.39 Å². The molecule has 0 fully saturated rings. The van der Waals surface area contributed by atoms with Crippen LogP contribution in [0.25, 0.3) is 6.08 Å². The van der Waals surface area contributed by atoms with Crippen molar-refractivity contribution in [2.45, 2.75) is 0 Å². The third-order valence-corrected chi connectivity index (χ3v) is 1.49. The molecule has 0 unspecified atom stereocenters. The molecule has 0 aliphatic rings. The number of rotatable bonds is 4. The molecule has 0 atom stereocenters. The van der Waals surface area contributed by atoms with Crippen LogP contribution in [0.4, 0.5) is 4.39 Å². The van der Waals surface area contributed by atoms with E-state index in [0.717, 1.165) is 0 Å². The fourth-order valence-corrected chi connectivity index (χ4v) is 0.949. The van der Waals surface area contributed by atoms with Crippen molar-refractivity contribution in [3.63, 3.8) is 0 Å². The minimum absolute atomic E-state index is 0.0834. The summed E-state index contributed by atoms with van der Waals surface area (Å²) in [7, 11) is 0. The Labute approximate surface area is 76.3 Å². The molecule has 1 aromatic rings. The number of halogens is 1. The highest BCUT2D eigenvalue weighted by Gasteiger charge is 1.98. The Balaban J connectivity index is 2.81. The Morgan fingerprint density at radius 2 is 2.23 bits per heavy atom. The van der Waals surface area contributed by atoms with Crippen LogP contribution in [0, 0.1) is 5.82 Å². The van der Waals surface area contributed by atoms with Crippen molar-refractivity contribution in [3.8, 4) is 5.75 Å². The Morgan fingerprint density at radius 1 is 1.46 bits per heavy atom. The summed E-state index contributed by atoms with van der Waals surface area (Å²) in [6.07, 6.45) is 1.54. The molecule has 0 aliphatic carbocycles. The zero-order valence-corrected chi connectivity index (χ0v) is 7.16. The topological polar surface area (TPSA) is 29.5 Å². The summed E-state index contributed by atoms with van der Waals surface area (Å²) >= 11 is 0. The highest BCUT2D eigenvalue weighted by atomic mass is 19.1. The average molecular weight is 182 g/mol. The van der Waals surface area contributed by atoms with Crippen LogP contribution < -0.4 is 4.74 Å². The first-order chi connectivity index (χ1) is 6.26. The van der Waals surface area contributed by atoms with E-state index < -0.39 is 0 Å². The molecule has 0 saturated heterocycles. The first kappa shape index (κ1) is 9.74. The second-order valence-electron chi connectivity index (χ2n) is 2.50. The molecule has 13 heavy (non-hydrogen) atoms. The molecule has 0 spiro atoms. The molecule has 1 rings (SSSR count). The van der Waals surface area contributed by atoms with Crippen molar-refractivity contribution in [2.24, 2.45) is 0 Å². The molecule has 1 aromatic carbocycles. The van der Waals surface area contributed by atoms with Crippen LogP contribution in [0.3, 0.4) is 0 Å². The average Bonchev–Trinajstić information content (AvgIpc) is 2.14. The standard InChI is InChI=1S/C10H11FO2/c1-2-8-5-9(11)7-10(6-8)13-4-3-12/h2,5-7,12H,1,3-4H2. The van der Waals surface area contributed by atoms with Crippen molar-refractivity contribution in [1.29, 1.82) is 0 Å². The summed E-state index contributed by atoms with van der Waals surface area (Å²) in [5.74, 6) is 0.0364. The van der Waals surface area contributed by atoms with Gasteiger partial charge in [-0.05, 0) is 17.7 Å². The fourth-order valence-electron chi connectivity index (χ4n) is 0.949. The van der Waals surface area contributed by atoms with Crippen LogP contribution >= 0.6 is 0 Å². The van der Waals surface area contributed by atoms with Crippen LogP contribution in [-0.4, -0.2) is 18.3 Å². The number of benzene rings is 1. The summed E-state index contributed by atoms with van der Waals surface area (Å²) in [6.45, 7) is 3.61. The van der Waals surface area contributed by atoms with Crippen LogP contribution in [0.15, 0.2) is 24.8 Å². The first-order valence-electron chi connectivity index (χ1n) is 3.93. The zero-order valence-electron chi connectivity index (χ0n) is 7.16. The maximum absolute atomic E-state index is 12.9. The van der Waals surface area contributed by atoms with Crippen LogP contribution in [0.2, 0.25) is 0 Å². The number of aliphatic hydroxyl groups is 1. The minimum Gasteiger partial charge on any atom is -0.491 e. The van der Waals surface area contributed by atoms with E-state index in [1.54, 1.807) is 6.07 Å². The van der Waals surface area contributed by atoms with Crippen LogP contribution in [0.5, 0.6) is 5.75 Å². The highest BCUT2D eigenvalue weighted by molar-refractivity contribution is 5.49. The Bertz CT molecular complexity index is 297. The van der Waals surface area contributed by atoms with Gasteiger partial charge >= 0.3 is 0 Å². The predicted molar refractivity (Wildman–Crippen MR) is 49.1 cm³/mol. The van der Waals surface area contributed by atoms with E-state index in [1.807, 2.05) is 0 Å². The lowest BCUT2D eigenvalue weighted by molar-refractivity contribution is 0.201. The number of hydrogen-bond acceptors (Lipinski definition) is 2. The van der Waals surface area contributed by atoms with Gasteiger partial charge in [0.15, 0.2) is 0 Å². The van der Waals surface area contributed by atoms with Gasteiger partial charge in [-0.1, -0.05) is 12.7 Å². The summed E-state index contributed by atoms with van der Waals surface area (Å²) in [6, 6.07) is 4.28. The number of aliphatic hydroxyl groups excluding tert-OH is 1. The highest BCUT2D eigenvalue weighted by Crippen LogP contribution is 2.16. The van der Waals surface area contributed by atoms with Gasteiger partial charge in [-0.15, -0.1) is 0 Å². The van der Waals surface area contributed by atoms with E-state index in [0.29, 0.717) is 11.3 Å². The summed E-state index contributed by atoms with van der Waals surface area (Å²) in [5, 5.41) is 8.48. The van der Waals surface area contributed by atoms with E-state index in [1.165, 1.54) is 18.2 Å². The van der Waals surface area contributed by atoms with Gasteiger partial charge in [-0.3, -0.25) is 0 Å². The monoisotopic (exact) mass is 182 g/mol. The summed E-state index contributed by atoms with van der Waals surface area (Å²) < 4.78 is 17.9. The summed E-state index contributed by atoms with van der Waals surface area (Å²) in [5.41, 5.74) is 0.660. The minimum atomic E-state index is -0.370. The normalized spacial score (nSPS) is 9.69. The van der Waals surface area contributed by atoms with E-state index >= 15 is 0 Å². The predicted octanol–water partition coefficient (Wildman–Crippen LogP) is 1.84. The molecule has 0 aromatic heterocycles.